The van der Waals surface area contributed by atoms with Gasteiger partial charge >= 0.3 is 0 Å². The van der Waals surface area contributed by atoms with E-state index < -0.39 is 0 Å². The first-order chi connectivity index (χ1) is 9.04. The van der Waals surface area contributed by atoms with E-state index in [9.17, 15) is 5.26 Å². The molecule has 0 unspecified atom stereocenters. The molecule has 0 bridgehead atoms. The summed E-state index contributed by atoms with van der Waals surface area (Å²) in [5.74, 6) is 0.678. The molecule has 0 saturated carbocycles. The summed E-state index contributed by atoms with van der Waals surface area (Å²) in [6.45, 7) is 6.30. The second-order valence-electron chi connectivity index (χ2n) is 6.01. The molecular formula is C16H22N2O. The fourth-order valence-corrected chi connectivity index (χ4v) is 2.44. The van der Waals surface area contributed by atoms with Crippen LogP contribution in [-0.4, -0.2) is 26.8 Å². The number of hydrogen-bond donors (Lipinski definition) is 0. The Bertz CT molecular complexity index is 455. The summed E-state index contributed by atoms with van der Waals surface area (Å²) < 4.78 is 5.18. The van der Waals surface area contributed by atoms with Gasteiger partial charge in [0.2, 0.25) is 0 Å². The van der Waals surface area contributed by atoms with Crippen molar-refractivity contribution in [3.8, 4) is 6.07 Å². The molecule has 1 fully saturated rings. The van der Waals surface area contributed by atoms with Crippen LogP contribution in [0.25, 0.3) is 0 Å². The monoisotopic (exact) mass is 258 g/mol. The van der Waals surface area contributed by atoms with Crippen molar-refractivity contribution in [1.29, 1.82) is 5.26 Å². The summed E-state index contributed by atoms with van der Waals surface area (Å²) in [7, 11) is 2.04. The molecule has 0 radical (unpaired) electrons. The summed E-state index contributed by atoms with van der Waals surface area (Å²) in [4.78, 5) is 2.14. The fraction of sp³-hybridized carbons (Fsp3) is 0.562. The quantitative estimate of drug-likeness (QED) is 0.815. The smallest absolute Gasteiger partial charge is 0.121 e. The minimum atomic E-state index is -0.314. The molecule has 0 N–H and O–H groups in total. The van der Waals surface area contributed by atoms with Crippen LogP contribution in [-0.2, 0) is 11.2 Å². The third kappa shape index (κ3) is 3.27. The molecule has 1 heterocycles. The van der Waals surface area contributed by atoms with E-state index in [-0.39, 0.29) is 5.41 Å². The zero-order chi connectivity index (χ0) is 13.9. The normalized spacial score (nSPS) is 16.8. The van der Waals surface area contributed by atoms with Gasteiger partial charge in [-0.25, -0.2) is 0 Å². The van der Waals surface area contributed by atoms with Crippen LogP contribution in [0, 0.1) is 22.7 Å². The molecule has 19 heavy (non-hydrogen) atoms. The number of anilines is 1. The highest BCUT2D eigenvalue weighted by Crippen LogP contribution is 2.29. The van der Waals surface area contributed by atoms with Crippen LogP contribution in [0.5, 0.6) is 0 Å². The van der Waals surface area contributed by atoms with Crippen LogP contribution in [0.2, 0.25) is 0 Å². The van der Waals surface area contributed by atoms with Crippen molar-refractivity contribution >= 4 is 5.69 Å². The van der Waals surface area contributed by atoms with E-state index in [2.05, 4.69) is 49.1 Å². The summed E-state index contributed by atoms with van der Waals surface area (Å²) in [6, 6.07) is 11.0. The van der Waals surface area contributed by atoms with Crippen LogP contribution in [0.1, 0.15) is 19.4 Å². The lowest BCUT2D eigenvalue weighted by atomic mass is 9.87. The summed E-state index contributed by atoms with van der Waals surface area (Å²) >= 11 is 0. The average Bonchev–Trinajstić information content (AvgIpc) is 2.34. The Kier molecular flexibility index (Phi) is 4.11. The molecule has 1 aromatic rings. The maximum atomic E-state index is 9.22. The highest BCUT2D eigenvalue weighted by atomic mass is 16.5. The molecule has 102 valence electrons. The van der Waals surface area contributed by atoms with Crippen molar-refractivity contribution in [1.82, 2.24) is 0 Å². The molecule has 0 spiro atoms. The van der Waals surface area contributed by atoms with Crippen LogP contribution in [0.4, 0.5) is 5.69 Å². The zero-order valence-corrected chi connectivity index (χ0v) is 12.0. The molecule has 1 aromatic carbocycles. The summed E-state index contributed by atoms with van der Waals surface area (Å²) in [6.07, 6.45) is 1.11. The highest BCUT2D eigenvalue weighted by molar-refractivity contribution is 5.47. The lowest BCUT2D eigenvalue weighted by molar-refractivity contribution is -0.0716. The number of ether oxygens (including phenoxy) is 1. The van der Waals surface area contributed by atoms with Crippen LogP contribution < -0.4 is 4.90 Å². The Morgan fingerprint density at radius 3 is 2.37 bits per heavy atom. The van der Waals surface area contributed by atoms with Crippen molar-refractivity contribution in [3.63, 3.8) is 0 Å². The molecule has 1 saturated heterocycles. The van der Waals surface area contributed by atoms with E-state index in [0.29, 0.717) is 19.1 Å². The maximum absolute atomic E-state index is 9.22. The number of rotatable bonds is 5. The largest absolute Gasteiger partial charge is 0.378 e. The second-order valence-corrected chi connectivity index (χ2v) is 6.01. The number of nitriles is 1. The molecule has 3 heteroatoms. The van der Waals surface area contributed by atoms with E-state index >= 15 is 0 Å². The van der Waals surface area contributed by atoms with Crippen molar-refractivity contribution in [2.45, 2.75) is 20.3 Å². The topological polar surface area (TPSA) is 36.3 Å². The minimum absolute atomic E-state index is 0.314. The van der Waals surface area contributed by atoms with Crippen molar-refractivity contribution < 1.29 is 4.74 Å². The predicted octanol–water partition coefficient (Wildman–Crippen LogP) is 2.86. The Balaban J connectivity index is 1.99. The van der Waals surface area contributed by atoms with Crippen molar-refractivity contribution in [3.05, 3.63) is 29.8 Å². The molecule has 1 aliphatic heterocycles. The summed E-state index contributed by atoms with van der Waals surface area (Å²) in [5, 5.41) is 9.22. The van der Waals surface area contributed by atoms with Gasteiger partial charge in [-0.15, -0.1) is 0 Å². The van der Waals surface area contributed by atoms with Crippen LogP contribution in [0.15, 0.2) is 24.3 Å². The molecule has 0 amide bonds. The van der Waals surface area contributed by atoms with Gasteiger partial charge < -0.3 is 9.64 Å². The first kappa shape index (κ1) is 13.9. The van der Waals surface area contributed by atoms with E-state index in [4.69, 9.17) is 4.74 Å². The Morgan fingerprint density at radius 1 is 1.32 bits per heavy atom. The molecule has 3 nitrogen and oxygen atoms in total. The fourth-order valence-electron chi connectivity index (χ4n) is 2.44. The van der Waals surface area contributed by atoms with E-state index in [1.54, 1.807) is 0 Å². The van der Waals surface area contributed by atoms with Gasteiger partial charge in [0.05, 0.1) is 19.3 Å². The van der Waals surface area contributed by atoms with Gasteiger partial charge in [0, 0.05) is 19.3 Å². The lowest BCUT2D eigenvalue weighted by Gasteiger charge is -2.38. The third-order valence-electron chi connectivity index (χ3n) is 3.55. The number of nitrogens with zero attached hydrogens (tertiary/aromatic N) is 2. The first-order valence-corrected chi connectivity index (χ1v) is 6.84. The van der Waals surface area contributed by atoms with Gasteiger partial charge in [-0.3, -0.25) is 0 Å². The molecule has 0 aromatic heterocycles. The van der Waals surface area contributed by atoms with Crippen molar-refractivity contribution in [2.75, 3.05) is 31.7 Å². The SMILES string of the molecule is CC(C)Cc1ccc(N(C)CC2(C#N)COC2)cc1. The van der Waals surface area contributed by atoms with Gasteiger partial charge in [0.25, 0.3) is 0 Å². The van der Waals surface area contributed by atoms with Crippen LogP contribution in [0.3, 0.4) is 0 Å². The Labute approximate surface area is 115 Å². The number of hydrogen-bond acceptors (Lipinski definition) is 3. The maximum Gasteiger partial charge on any atom is 0.121 e. The van der Waals surface area contributed by atoms with Gasteiger partial charge in [-0.1, -0.05) is 26.0 Å². The van der Waals surface area contributed by atoms with Gasteiger partial charge in [-0.2, -0.15) is 5.26 Å². The first-order valence-electron chi connectivity index (χ1n) is 6.84. The number of benzene rings is 1. The van der Waals surface area contributed by atoms with Gasteiger partial charge in [-0.05, 0) is 30.0 Å². The molecule has 0 aliphatic carbocycles. The minimum Gasteiger partial charge on any atom is -0.378 e. The second kappa shape index (κ2) is 5.63. The Hall–Kier alpha value is -1.53. The standard InChI is InChI=1S/C16H22N2O/c1-13(2)8-14-4-6-15(7-5-14)18(3)10-16(9-17)11-19-12-16/h4-7,13H,8,10-12H2,1-3H3. The Morgan fingerprint density at radius 2 is 1.95 bits per heavy atom. The molecule has 2 rings (SSSR count). The molecule has 0 atom stereocenters. The predicted molar refractivity (Wildman–Crippen MR) is 77.1 cm³/mol. The van der Waals surface area contributed by atoms with Crippen molar-refractivity contribution in [2.24, 2.45) is 11.3 Å². The summed E-state index contributed by atoms with van der Waals surface area (Å²) in [5.41, 5.74) is 2.22. The third-order valence-corrected chi connectivity index (χ3v) is 3.55. The molecular weight excluding hydrogens is 236 g/mol. The van der Waals surface area contributed by atoms with Gasteiger partial charge in [0.1, 0.15) is 5.41 Å². The molecule has 1 aliphatic rings. The average molecular weight is 258 g/mol. The zero-order valence-electron chi connectivity index (χ0n) is 12.0. The van der Waals surface area contributed by atoms with E-state index in [1.165, 1.54) is 5.56 Å². The van der Waals surface area contributed by atoms with Gasteiger partial charge in [0.15, 0.2) is 0 Å². The highest BCUT2D eigenvalue weighted by Gasteiger charge is 2.40. The van der Waals surface area contributed by atoms with Crippen LogP contribution >= 0.6 is 0 Å². The van der Waals surface area contributed by atoms with E-state index in [1.807, 2.05) is 7.05 Å². The lowest BCUT2D eigenvalue weighted by Crippen LogP contribution is -2.49. The van der Waals surface area contributed by atoms with E-state index in [0.717, 1.165) is 18.7 Å².